The van der Waals surface area contributed by atoms with Gasteiger partial charge < -0.3 is 10.6 Å². The zero-order chi connectivity index (χ0) is 13.1. The molecular formula is C10H16ClN5O3. The first kappa shape index (κ1) is 15.4. The fraction of sp³-hybridized carbons (Fsp3) is 0.600. The monoisotopic (exact) mass is 289 g/mol. The van der Waals surface area contributed by atoms with Crippen molar-refractivity contribution in [3.63, 3.8) is 0 Å². The highest BCUT2D eigenvalue weighted by atomic mass is 35.5. The fourth-order valence-electron chi connectivity index (χ4n) is 2.01. The number of piperidine rings is 1. The number of aromatic nitrogens is 2. The Morgan fingerprint density at radius 3 is 2.95 bits per heavy atom. The van der Waals surface area contributed by atoms with Gasteiger partial charge in [0, 0.05) is 19.1 Å². The van der Waals surface area contributed by atoms with Crippen LogP contribution in [0.25, 0.3) is 0 Å². The predicted octanol–water partition coefficient (Wildman–Crippen LogP) is 0.163. The first-order valence-electron chi connectivity index (χ1n) is 5.76. The van der Waals surface area contributed by atoms with Crippen molar-refractivity contribution < 1.29 is 9.72 Å². The van der Waals surface area contributed by atoms with Crippen molar-refractivity contribution in [3.05, 3.63) is 22.5 Å². The number of rotatable bonds is 3. The summed E-state index contributed by atoms with van der Waals surface area (Å²) in [6, 6.07) is 0.0228. The minimum atomic E-state index is -0.537. The maximum atomic E-state index is 11.9. The molecule has 9 heteroatoms. The quantitative estimate of drug-likeness (QED) is 0.630. The van der Waals surface area contributed by atoms with Gasteiger partial charge in [0.15, 0.2) is 0 Å². The smallest absolute Gasteiger partial charge is 0.307 e. The van der Waals surface area contributed by atoms with E-state index in [4.69, 9.17) is 5.73 Å². The van der Waals surface area contributed by atoms with E-state index >= 15 is 0 Å². The molecule has 1 saturated heterocycles. The van der Waals surface area contributed by atoms with Crippen LogP contribution in [0.15, 0.2) is 12.4 Å². The topological polar surface area (TPSA) is 107 Å². The molecule has 1 aliphatic rings. The number of hydrogen-bond acceptors (Lipinski definition) is 5. The van der Waals surface area contributed by atoms with Crippen molar-refractivity contribution in [3.8, 4) is 0 Å². The molecule has 2 N–H and O–H groups in total. The lowest BCUT2D eigenvalue weighted by Gasteiger charge is -2.30. The molecule has 2 heterocycles. The second-order valence-corrected chi connectivity index (χ2v) is 4.40. The molecule has 2 rings (SSSR count). The fourth-order valence-corrected chi connectivity index (χ4v) is 2.01. The van der Waals surface area contributed by atoms with Crippen LogP contribution in [0.2, 0.25) is 0 Å². The number of likely N-dealkylation sites (tertiary alicyclic amines) is 1. The van der Waals surface area contributed by atoms with Crippen molar-refractivity contribution in [1.82, 2.24) is 14.7 Å². The van der Waals surface area contributed by atoms with Gasteiger partial charge in [-0.3, -0.25) is 19.6 Å². The highest BCUT2D eigenvalue weighted by Gasteiger charge is 2.22. The van der Waals surface area contributed by atoms with E-state index in [1.165, 1.54) is 10.9 Å². The molecule has 1 unspecified atom stereocenters. The van der Waals surface area contributed by atoms with Gasteiger partial charge in [-0.05, 0) is 12.8 Å². The Labute approximate surface area is 116 Å². The number of nitrogens with zero attached hydrogens (tertiary/aromatic N) is 4. The molecule has 1 aliphatic heterocycles. The van der Waals surface area contributed by atoms with Gasteiger partial charge in [0.2, 0.25) is 5.91 Å². The number of halogens is 1. The Balaban J connectivity index is 0.00000180. The van der Waals surface area contributed by atoms with Crippen LogP contribution >= 0.6 is 12.4 Å². The number of nitrogens with two attached hydrogens (primary N) is 1. The van der Waals surface area contributed by atoms with Gasteiger partial charge in [0.05, 0.1) is 4.92 Å². The summed E-state index contributed by atoms with van der Waals surface area (Å²) < 4.78 is 1.28. The molecule has 1 fully saturated rings. The number of carbonyl (C=O) groups excluding carboxylic acids is 1. The first-order valence-corrected chi connectivity index (χ1v) is 5.76. The first-order chi connectivity index (χ1) is 8.56. The lowest BCUT2D eigenvalue weighted by atomic mass is 10.1. The maximum Gasteiger partial charge on any atom is 0.307 e. The van der Waals surface area contributed by atoms with Gasteiger partial charge in [-0.2, -0.15) is 5.10 Å². The van der Waals surface area contributed by atoms with E-state index in [-0.39, 0.29) is 36.6 Å². The largest absolute Gasteiger partial charge is 0.340 e. The third kappa shape index (κ3) is 3.90. The van der Waals surface area contributed by atoms with E-state index in [2.05, 4.69) is 5.10 Å². The number of nitro groups is 1. The van der Waals surface area contributed by atoms with Crippen molar-refractivity contribution in [2.75, 3.05) is 13.1 Å². The highest BCUT2D eigenvalue weighted by molar-refractivity contribution is 5.85. The van der Waals surface area contributed by atoms with Crippen LogP contribution < -0.4 is 5.73 Å². The minimum Gasteiger partial charge on any atom is -0.340 e. The van der Waals surface area contributed by atoms with E-state index < -0.39 is 4.92 Å². The summed E-state index contributed by atoms with van der Waals surface area (Å²) in [7, 11) is 0. The third-order valence-electron chi connectivity index (χ3n) is 2.94. The Morgan fingerprint density at radius 2 is 2.37 bits per heavy atom. The molecule has 1 aromatic rings. The Kier molecular flexibility index (Phi) is 5.25. The Hall–Kier alpha value is -1.67. The second-order valence-electron chi connectivity index (χ2n) is 4.40. The normalized spacial score (nSPS) is 18.8. The summed E-state index contributed by atoms with van der Waals surface area (Å²) >= 11 is 0. The molecule has 0 saturated carbocycles. The van der Waals surface area contributed by atoms with Crippen LogP contribution in [0.5, 0.6) is 0 Å². The van der Waals surface area contributed by atoms with Gasteiger partial charge >= 0.3 is 5.69 Å². The molecule has 1 aromatic heterocycles. The molecular weight excluding hydrogens is 274 g/mol. The second kappa shape index (κ2) is 6.48. The van der Waals surface area contributed by atoms with E-state index in [0.717, 1.165) is 19.0 Å². The van der Waals surface area contributed by atoms with Crippen LogP contribution in [-0.2, 0) is 11.3 Å². The number of hydrogen-bond donors (Lipinski definition) is 1. The van der Waals surface area contributed by atoms with E-state index in [9.17, 15) is 14.9 Å². The average Bonchev–Trinajstić information content (AvgIpc) is 2.77. The Bertz CT molecular complexity index is 464. The van der Waals surface area contributed by atoms with Crippen molar-refractivity contribution in [2.24, 2.45) is 5.73 Å². The lowest BCUT2D eigenvalue weighted by molar-refractivity contribution is -0.385. The number of amides is 1. The highest BCUT2D eigenvalue weighted by Crippen LogP contribution is 2.11. The molecule has 1 amide bonds. The summed E-state index contributed by atoms with van der Waals surface area (Å²) in [5.41, 5.74) is 5.68. The Morgan fingerprint density at radius 1 is 1.63 bits per heavy atom. The molecule has 1 atom stereocenters. The molecule has 0 spiro atoms. The molecule has 0 aromatic carbocycles. The van der Waals surface area contributed by atoms with Crippen molar-refractivity contribution >= 4 is 24.0 Å². The summed E-state index contributed by atoms with van der Waals surface area (Å²) in [6.07, 6.45) is 4.21. The van der Waals surface area contributed by atoms with Crippen molar-refractivity contribution in [2.45, 2.75) is 25.4 Å². The maximum absolute atomic E-state index is 11.9. The van der Waals surface area contributed by atoms with Gasteiger partial charge in [-0.25, -0.2) is 0 Å². The van der Waals surface area contributed by atoms with Gasteiger partial charge in [0.25, 0.3) is 0 Å². The standard InChI is InChI=1S/C10H15N5O3.ClH/c11-8-2-1-3-13(5-8)10(16)7-14-6-9(4-12-14)15(17)18;/h4,6,8H,1-3,5,7,11H2;1H. The van der Waals surface area contributed by atoms with Crippen LogP contribution in [-0.4, -0.2) is 44.6 Å². The third-order valence-corrected chi connectivity index (χ3v) is 2.94. The van der Waals surface area contributed by atoms with Crippen LogP contribution in [0.3, 0.4) is 0 Å². The zero-order valence-electron chi connectivity index (χ0n) is 10.3. The van der Waals surface area contributed by atoms with E-state index in [1.54, 1.807) is 4.90 Å². The SMILES string of the molecule is Cl.NC1CCCN(C(=O)Cn2cc([N+](=O)[O-])cn2)C1. The zero-order valence-corrected chi connectivity index (χ0v) is 11.1. The molecule has 106 valence electrons. The van der Waals surface area contributed by atoms with E-state index in [0.29, 0.717) is 13.1 Å². The van der Waals surface area contributed by atoms with Gasteiger partial charge in [-0.15, -0.1) is 12.4 Å². The lowest BCUT2D eigenvalue weighted by Crippen LogP contribution is -2.46. The summed E-state index contributed by atoms with van der Waals surface area (Å²) in [5, 5.41) is 14.3. The molecule has 0 aliphatic carbocycles. The summed E-state index contributed by atoms with van der Waals surface area (Å²) in [5.74, 6) is -0.108. The summed E-state index contributed by atoms with van der Waals surface area (Å²) in [6.45, 7) is 1.25. The van der Waals surface area contributed by atoms with E-state index in [1.807, 2.05) is 0 Å². The van der Waals surface area contributed by atoms with Crippen molar-refractivity contribution in [1.29, 1.82) is 0 Å². The average molecular weight is 290 g/mol. The molecule has 0 bridgehead atoms. The molecule has 19 heavy (non-hydrogen) atoms. The molecule has 0 radical (unpaired) electrons. The van der Waals surface area contributed by atoms with Crippen LogP contribution in [0.4, 0.5) is 5.69 Å². The number of carbonyl (C=O) groups is 1. The van der Waals surface area contributed by atoms with Crippen LogP contribution in [0, 0.1) is 10.1 Å². The van der Waals surface area contributed by atoms with Gasteiger partial charge in [-0.1, -0.05) is 0 Å². The molecule has 8 nitrogen and oxygen atoms in total. The van der Waals surface area contributed by atoms with Crippen LogP contribution in [0.1, 0.15) is 12.8 Å². The minimum absolute atomic E-state index is 0. The van der Waals surface area contributed by atoms with Gasteiger partial charge in [0.1, 0.15) is 18.9 Å². The predicted molar refractivity (Wildman–Crippen MR) is 69.9 cm³/mol. The summed E-state index contributed by atoms with van der Waals surface area (Å²) in [4.78, 5) is 23.6.